The molecule has 108 valence electrons. The first-order chi connectivity index (χ1) is 10.1. The van der Waals surface area contributed by atoms with Gasteiger partial charge in [0.15, 0.2) is 0 Å². The average Bonchev–Trinajstić information content (AvgIpc) is 3.27. The van der Waals surface area contributed by atoms with E-state index in [-0.39, 0.29) is 18.5 Å². The van der Waals surface area contributed by atoms with Crippen molar-refractivity contribution in [1.82, 2.24) is 4.90 Å². The minimum Gasteiger partial charge on any atom is -0.480 e. The third-order valence-electron chi connectivity index (χ3n) is 3.61. The smallest absolute Gasteiger partial charge is 0.323 e. The lowest BCUT2D eigenvalue weighted by Gasteiger charge is -2.21. The van der Waals surface area contributed by atoms with Crippen LogP contribution in [0.4, 0.5) is 0 Å². The quantitative estimate of drug-likeness (QED) is 0.923. The number of nitrogens with zero attached hydrogens (tertiary/aromatic N) is 1. The molecule has 1 aliphatic rings. The molecular weight excluding hydrogens is 334 g/mol. The van der Waals surface area contributed by atoms with Gasteiger partial charge >= 0.3 is 5.97 Å². The fourth-order valence-electron chi connectivity index (χ4n) is 2.50. The van der Waals surface area contributed by atoms with Gasteiger partial charge in [0.2, 0.25) is 0 Å². The molecule has 0 unspecified atom stereocenters. The van der Waals surface area contributed by atoms with Crippen LogP contribution < -0.4 is 0 Å². The van der Waals surface area contributed by atoms with E-state index in [1.165, 1.54) is 4.90 Å². The molecule has 0 bridgehead atoms. The van der Waals surface area contributed by atoms with Crippen molar-refractivity contribution in [2.24, 2.45) is 0 Å². The molecule has 0 aliphatic heterocycles. The van der Waals surface area contributed by atoms with Crippen molar-refractivity contribution in [3.63, 3.8) is 0 Å². The summed E-state index contributed by atoms with van der Waals surface area (Å²) in [5.41, 5.74) is 0.549. The Morgan fingerprint density at radius 1 is 1.24 bits per heavy atom. The van der Waals surface area contributed by atoms with Gasteiger partial charge in [-0.05, 0) is 35.7 Å². The van der Waals surface area contributed by atoms with Gasteiger partial charge in [0.05, 0.1) is 0 Å². The van der Waals surface area contributed by atoms with Crippen molar-refractivity contribution >= 4 is 38.6 Å². The van der Waals surface area contributed by atoms with Crippen molar-refractivity contribution in [3.8, 4) is 0 Å². The molecule has 1 aliphatic carbocycles. The van der Waals surface area contributed by atoms with Crippen LogP contribution in [0.5, 0.6) is 0 Å². The van der Waals surface area contributed by atoms with Crippen LogP contribution in [0, 0.1) is 0 Å². The summed E-state index contributed by atoms with van der Waals surface area (Å²) in [7, 11) is 0. The van der Waals surface area contributed by atoms with E-state index in [1.807, 2.05) is 30.3 Å². The third-order valence-corrected chi connectivity index (χ3v) is 4.07. The van der Waals surface area contributed by atoms with E-state index < -0.39 is 5.97 Å². The minimum absolute atomic E-state index is 0.0614. The Morgan fingerprint density at radius 2 is 1.95 bits per heavy atom. The van der Waals surface area contributed by atoms with Crippen molar-refractivity contribution in [3.05, 3.63) is 46.4 Å². The Kier molecular flexibility index (Phi) is 3.68. The molecule has 0 aromatic heterocycles. The van der Waals surface area contributed by atoms with E-state index in [9.17, 15) is 9.59 Å². The van der Waals surface area contributed by atoms with Gasteiger partial charge in [0.25, 0.3) is 5.91 Å². The molecule has 0 saturated heterocycles. The number of halogens is 1. The van der Waals surface area contributed by atoms with Gasteiger partial charge in [-0.15, -0.1) is 0 Å². The highest BCUT2D eigenvalue weighted by Crippen LogP contribution is 2.31. The molecule has 21 heavy (non-hydrogen) atoms. The lowest BCUT2D eigenvalue weighted by molar-refractivity contribution is -0.137. The third kappa shape index (κ3) is 2.93. The second-order valence-electron chi connectivity index (χ2n) is 5.23. The number of carbonyl (C=O) groups is 2. The first-order valence-corrected chi connectivity index (χ1v) is 7.56. The van der Waals surface area contributed by atoms with E-state index in [2.05, 4.69) is 15.9 Å². The Morgan fingerprint density at radius 3 is 2.62 bits per heavy atom. The molecule has 1 fully saturated rings. The van der Waals surface area contributed by atoms with Gasteiger partial charge in [-0.1, -0.05) is 40.2 Å². The minimum atomic E-state index is -0.977. The van der Waals surface area contributed by atoms with Crippen LogP contribution in [0.3, 0.4) is 0 Å². The maximum absolute atomic E-state index is 12.8. The van der Waals surface area contributed by atoms with Crippen LogP contribution in [0.15, 0.2) is 40.9 Å². The summed E-state index contributed by atoms with van der Waals surface area (Å²) in [6, 6.07) is 11.4. The second-order valence-corrected chi connectivity index (χ2v) is 6.15. The number of rotatable bonds is 4. The van der Waals surface area contributed by atoms with Crippen LogP contribution in [0.1, 0.15) is 23.2 Å². The lowest BCUT2D eigenvalue weighted by atomic mass is 10.0. The number of amides is 1. The highest BCUT2D eigenvalue weighted by Gasteiger charge is 2.34. The second kappa shape index (κ2) is 5.48. The molecule has 0 spiro atoms. The lowest BCUT2D eigenvalue weighted by Crippen LogP contribution is -2.37. The predicted octanol–water partition coefficient (Wildman–Crippen LogP) is 3.29. The van der Waals surface area contributed by atoms with Gasteiger partial charge < -0.3 is 10.0 Å². The number of carbonyl (C=O) groups excluding carboxylic acids is 1. The van der Waals surface area contributed by atoms with Crippen LogP contribution in [-0.4, -0.2) is 34.5 Å². The summed E-state index contributed by atoms with van der Waals surface area (Å²) in [4.78, 5) is 25.2. The summed E-state index contributed by atoms with van der Waals surface area (Å²) in [5.74, 6) is -1.19. The molecule has 2 aromatic rings. The molecule has 0 radical (unpaired) electrons. The monoisotopic (exact) mass is 347 g/mol. The van der Waals surface area contributed by atoms with Crippen LogP contribution >= 0.6 is 15.9 Å². The molecule has 4 nitrogen and oxygen atoms in total. The zero-order chi connectivity index (χ0) is 15.0. The predicted molar refractivity (Wildman–Crippen MR) is 83.3 cm³/mol. The Labute approximate surface area is 130 Å². The van der Waals surface area contributed by atoms with Gasteiger partial charge in [-0.2, -0.15) is 0 Å². The molecular formula is C16H14BrNO3. The molecule has 0 atom stereocenters. The highest BCUT2D eigenvalue weighted by atomic mass is 79.9. The van der Waals surface area contributed by atoms with Crippen molar-refractivity contribution in [1.29, 1.82) is 0 Å². The maximum Gasteiger partial charge on any atom is 0.323 e. The van der Waals surface area contributed by atoms with Crippen molar-refractivity contribution in [2.75, 3.05) is 6.54 Å². The number of carboxylic acid groups (broad SMARTS) is 1. The van der Waals surface area contributed by atoms with E-state index >= 15 is 0 Å². The van der Waals surface area contributed by atoms with E-state index in [0.29, 0.717) is 5.56 Å². The molecule has 3 rings (SSSR count). The number of aliphatic carboxylic acids is 1. The fraction of sp³-hybridized carbons (Fsp3) is 0.250. The van der Waals surface area contributed by atoms with Gasteiger partial charge in [-0.3, -0.25) is 9.59 Å². The van der Waals surface area contributed by atoms with Gasteiger partial charge in [-0.25, -0.2) is 0 Å². The molecule has 1 saturated carbocycles. The normalized spacial score (nSPS) is 14.1. The standard InChI is InChI=1S/C16H14BrNO3/c17-11-7-10-3-1-2-4-13(10)14(8-11)16(21)18(9-15(19)20)12-5-6-12/h1-4,7-8,12H,5-6,9H2,(H,19,20). The summed E-state index contributed by atoms with van der Waals surface area (Å²) in [5, 5.41) is 10.8. The van der Waals surface area contributed by atoms with Crippen molar-refractivity contribution in [2.45, 2.75) is 18.9 Å². The van der Waals surface area contributed by atoms with Gasteiger partial charge in [0.1, 0.15) is 6.54 Å². The number of carboxylic acids is 1. The van der Waals surface area contributed by atoms with Crippen LogP contribution in [0.25, 0.3) is 10.8 Å². The topological polar surface area (TPSA) is 57.6 Å². The Balaban J connectivity index is 2.05. The summed E-state index contributed by atoms with van der Waals surface area (Å²) in [6.45, 7) is -0.246. The van der Waals surface area contributed by atoms with Crippen LogP contribution in [-0.2, 0) is 4.79 Å². The van der Waals surface area contributed by atoms with Gasteiger partial charge in [0, 0.05) is 16.1 Å². The average molecular weight is 348 g/mol. The molecule has 5 heteroatoms. The Hall–Kier alpha value is -1.88. The molecule has 1 amide bonds. The SMILES string of the molecule is O=C(O)CN(C(=O)c1cc(Br)cc2ccccc12)C1CC1. The zero-order valence-electron chi connectivity index (χ0n) is 11.3. The molecule has 2 aromatic carbocycles. The number of hydrogen-bond acceptors (Lipinski definition) is 2. The van der Waals surface area contributed by atoms with Crippen LogP contribution in [0.2, 0.25) is 0 Å². The van der Waals surface area contributed by atoms with Crippen molar-refractivity contribution < 1.29 is 14.7 Å². The molecule has 0 heterocycles. The summed E-state index contributed by atoms with van der Waals surface area (Å²) >= 11 is 3.42. The number of hydrogen-bond donors (Lipinski definition) is 1. The highest BCUT2D eigenvalue weighted by molar-refractivity contribution is 9.10. The zero-order valence-corrected chi connectivity index (χ0v) is 12.8. The summed E-state index contributed by atoms with van der Waals surface area (Å²) < 4.78 is 0.815. The van der Waals surface area contributed by atoms with E-state index in [0.717, 1.165) is 28.1 Å². The first kappa shape index (κ1) is 14.1. The number of fused-ring (bicyclic) bond motifs is 1. The summed E-state index contributed by atoms with van der Waals surface area (Å²) in [6.07, 6.45) is 1.76. The molecule has 1 N–H and O–H groups in total. The number of benzene rings is 2. The van der Waals surface area contributed by atoms with E-state index in [1.54, 1.807) is 6.07 Å². The first-order valence-electron chi connectivity index (χ1n) is 6.77. The maximum atomic E-state index is 12.8. The fourth-order valence-corrected chi connectivity index (χ4v) is 2.98. The Bertz CT molecular complexity index is 725. The largest absolute Gasteiger partial charge is 0.480 e. The van der Waals surface area contributed by atoms with E-state index in [4.69, 9.17) is 5.11 Å².